The molecule has 0 bridgehead atoms. The van der Waals surface area contributed by atoms with Crippen LogP contribution < -0.4 is 48.9 Å². The molecule has 0 saturated carbocycles. The third-order valence-corrected chi connectivity index (χ3v) is 4.10. The van der Waals surface area contributed by atoms with Gasteiger partial charge in [0.05, 0.1) is 32.3 Å². The molecule has 4 aromatic carbocycles. The van der Waals surface area contributed by atoms with E-state index in [-0.39, 0.29) is 0 Å². The molecule has 0 saturated heterocycles. The lowest BCUT2D eigenvalue weighted by atomic mass is 10.0. The maximum atomic E-state index is 12.0. The van der Waals surface area contributed by atoms with Gasteiger partial charge in [-0.15, -0.1) is 0 Å². The molecule has 0 heterocycles. The molecule has 9 heteroatoms. The van der Waals surface area contributed by atoms with Gasteiger partial charge in [-0.25, -0.2) is 0 Å². The van der Waals surface area contributed by atoms with Crippen molar-refractivity contribution in [2.24, 2.45) is 0 Å². The molecule has 24 heavy (non-hydrogen) atoms. The summed E-state index contributed by atoms with van der Waals surface area (Å²) >= 11 is 0. The summed E-state index contributed by atoms with van der Waals surface area (Å²) in [7, 11) is 0. The molecule has 0 N–H and O–H groups in total. The molecule has 0 aliphatic rings. The molecular formula is C15O9. The van der Waals surface area contributed by atoms with E-state index in [2.05, 4.69) is 0 Å². The first kappa shape index (κ1) is 13.9. The molecule has 0 atom stereocenters. The van der Waals surface area contributed by atoms with Gasteiger partial charge < -0.3 is 0 Å². The number of hydrogen-bond donors (Lipinski definition) is 0. The summed E-state index contributed by atoms with van der Waals surface area (Å²) in [6.45, 7) is 0. The normalized spacial score (nSPS) is 12.0. The molecule has 0 unspecified atom stereocenters. The zero-order chi connectivity index (χ0) is 17.7. The molecular weight excluding hydrogens is 324 g/mol. The maximum absolute atomic E-state index is 12.0. The lowest BCUT2D eigenvalue weighted by Gasteiger charge is -1.94. The van der Waals surface area contributed by atoms with Crippen LogP contribution in [0.1, 0.15) is 0 Å². The monoisotopic (exact) mass is 324 g/mol. The average Bonchev–Trinajstić information content (AvgIpc) is 3.02. The van der Waals surface area contributed by atoms with Crippen molar-refractivity contribution in [2.75, 3.05) is 0 Å². The van der Waals surface area contributed by atoms with Gasteiger partial charge in [0.2, 0.25) is 32.6 Å². The fourth-order valence-corrected chi connectivity index (χ4v) is 3.10. The van der Waals surface area contributed by atoms with Gasteiger partial charge in [-0.05, 0) is 0 Å². The number of rotatable bonds is 0. The smallest absolute Gasteiger partial charge is 0.274 e. The summed E-state index contributed by atoms with van der Waals surface area (Å²) in [5, 5.41) is -5.17. The lowest BCUT2D eigenvalue weighted by molar-refractivity contribution is 1.55. The van der Waals surface area contributed by atoms with Gasteiger partial charge in [0.1, 0.15) is 0 Å². The van der Waals surface area contributed by atoms with Crippen molar-refractivity contribution in [2.45, 2.75) is 0 Å². The second-order valence-electron chi connectivity index (χ2n) is 5.21. The van der Waals surface area contributed by atoms with Crippen LogP contribution in [0.25, 0.3) is 32.3 Å². The van der Waals surface area contributed by atoms with Gasteiger partial charge in [0, 0.05) is 0 Å². The molecule has 0 aliphatic heterocycles. The van der Waals surface area contributed by atoms with Gasteiger partial charge in [-0.3, -0.25) is 43.2 Å². The summed E-state index contributed by atoms with van der Waals surface area (Å²) < 4.78 is 0. The zero-order valence-corrected chi connectivity index (χ0v) is 11.2. The Hall–Kier alpha value is -3.75. The van der Waals surface area contributed by atoms with Gasteiger partial charge in [-0.1, -0.05) is 0 Å². The van der Waals surface area contributed by atoms with Crippen LogP contribution in [-0.4, -0.2) is 0 Å². The molecule has 9 nitrogen and oxygen atoms in total. The minimum absolute atomic E-state index is 0.862. The van der Waals surface area contributed by atoms with Crippen molar-refractivity contribution < 1.29 is 0 Å². The quantitative estimate of drug-likeness (QED) is 0.294. The van der Waals surface area contributed by atoms with Crippen LogP contribution in [0.3, 0.4) is 0 Å². The first-order valence-electron chi connectivity index (χ1n) is 6.34. The predicted molar refractivity (Wildman–Crippen MR) is 82.5 cm³/mol. The Labute approximate surface area is 125 Å². The van der Waals surface area contributed by atoms with E-state index in [9.17, 15) is 43.2 Å². The van der Waals surface area contributed by atoms with E-state index in [1.807, 2.05) is 0 Å². The lowest BCUT2D eigenvalue weighted by Crippen LogP contribution is -2.30. The molecule has 0 radical (unpaired) electrons. The van der Waals surface area contributed by atoms with E-state index >= 15 is 0 Å². The second kappa shape index (κ2) is 3.77. The summed E-state index contributed by atoms with van der Waals surface area (Å²) in [4.78, 5) is 107. The van der Waals surface area contributed by atoms with Gasteiger partial charge in [0.15, 0.2) is 0 Å². The molecule has 114 valence electrons. The van der Waals surface area contributed by atoms with E-state index in [0.717, 1.165) is 0 Å². The molecule has 0 aliphatic carbocycles. The summed E-state index contributed by atoms with van der Waals surface area (Å²) in [5.74, 6) is 0. The highest BCUT2D eigenvalue weighted by molar-refractivity contribution is 6.25. The van der Waals surface area contributed by atoms with Crippen LogP contribution in [0, 0.1) is 0 Å². The average molecular weight is 324 g/mol. The van der Waals surface area contributed by atoms with E-state index in [4.69, 9.17) is 0 Å². The molecule has 4 aromatic rings. The van der Waals surface area contributed by atoms with Crippen LogP contribution in [0.5, 0.6) is 0 Å². The predicted octanol–water partition coefficient (Wildman–Crippen LogP) is -3.99. The van der Waals surface area contributed by atoms with Crippen molar-refractivity contribution in [3.63, 3.8) is 0 Å². The molecule has 0 spiro atoms. The van der Waals surface area contributed by atoms with E-state index in [0.29, 0.717) is 0 Å². The van der Waals surface area contributed by atoms with Crippen molar-refractivity contribution >= 4 is 32.3 Å². The van der Waals surface area contributed by atoms with Crippen molar-refractivity contribution in [1.82, 2.24) is 0 Å². The van der Waals surface area contributed by atoms with E-state index in [1.54, 1.807) is 0 Å². The van der Waals surface area contributed by atoms with Crippen LogP contribution in [0.15, 0.2) is 43.2 Å². The molecule has 0 aromatic heterocycles. The summed E-state index contributed by atoms with van der Waals surface area (Å²) in [6.07, 6.45) is 0. The first-order valence-corrected chi connectivity index (χ1v) is 6.34. The summed E-state index contributed by atoms with van der Waals surface area (Å²) in [5.41, 5.74) is -13.6. The molecule has 0 amide bonds. The van der Waals surface area contributed by atoms with Crippen molar-refractivity contribution in [3.05, 3.63) is 92.0 Å². The number of benzene rings is 1. The van der Waals surface area contributed by atoms with Crippen LogP contribution >= 0.6 is 0 Å². The Morgan fingerprint density at radius 3 is 0.458 bits per heavy atom. The Kier molecular flexibility index (Phi) is 2.18. The first-order chi connectivity index (χ1) is 11.2. The second-order valence-corrected chi connectivity index (χ2v) is 5.21. The number of fused-ring (bicyclic) bond motifs is 6. The Balaban J connectivity index is 2.88. The Bertz CT molecular complexity index is 1360. The van der Waals surface area contributed by atoms with Crippen LogP contribution in [0.2, 0.25) is 0 Å². The van der Waals surface area contributed by atoms with Crippen LogP contribution in [0.4, 0.5) is 0 Å². The minimum Gasteiger partial charge on any atom is -0.285 e. The Morgan fingerprint density at radius 2 is 0.333 bits per heavy atom. The van der Waals surface area contributed by atoms with Crippen LogP contribution in [-0.2, 0) is 0 Å². The Morgan fingerprint density at radius 1 is 0.208 bits per heavy atom. The highest BCUT2D eigenvalue weighted by Crippen LogP contribution is 2.23. The topological polar surface area (TPSA) is 154 Å². The highest BCUT2D eigenvalue weighted by atomic mass is 16.2. The largest absolute Gasteiger partial charge is 0.285 e. The van der Waals surface area contributed by atoms with Gasteiger partial charge in [-0.2, -0.15) is 0 Å². The number of hydrogen-bond acceptors (Lipinski definition) is 9. The fraction of sp³-hybridized carbons (Fsp3) is 0. The fourth-order valence-electron chi connectivity index (χ4n) is 3.10. The third kappa shape index (κ3) is 1.17. The summed E-state index contributed by atoms with van der Waals surface area (Å²) in [6, 6.07) is 0. The SMILES string of the molecule is O=c1c(=O)c2c3c(=O)c(=O)c(=O)c3c3c(=O)c(=O)c(=O)c3c2c1=O. The highest BCUT2D eigenvalue weighted by Gasteiger charge is 2.30. The molecule has 0 fully saturated rings. The standard InChI is InChI=1S/C15O9/c16-7-1-2(8(17)13(7)22)4-6(12(21)15(24)11(4)20)5-3(1)9(18)14(23)10(5)19. The zero-order valence-electron chi connectivity index (χ0n) is 11.2. The van der Waals surface area contributed by atoms with Gasteiger partial charge in [0.25, 0.3) is 16.3 Å². The third-order valence-electron chi connectivity index (χ3n) is 4.10. The minimum atomic E-state index is -1.58. The van der Waals surface area contributed by atoms with E-state index < -0.39 is 81.2 Å². The van der Waals surface area contributed by atoms with Crippen molar-refractivity contribution in [3.8, 4) is 0 Å². The van der Waals surface area contributed by atoms with E-state index in [1.165, 1.54) is 0 Å². The molecule has 4 rings (SSSR count). The van der Waals surface area contributed by atoms with Crippen molar-refractivity contribution in [1.29, 1.82) is 0 Å². The maximum Gasteiger partial charge on any atom is 0.274 e. The van der Waals surface area contributed by atoms with Gasteiger partial charge >= 0.3 is 0 Å².